The lowest BCUT2D eigenvalue weighted by Crippen LogP contribution is -2.32. The molecule has 2 rings (SSSR count). The van der Waals surface area contributed by atoms with Crippen LogP contribution in [0, 0.1) is 0 Å². The number of nitrogens with two attached hydrogens (primary N) is 1. The molecule has 0 radical (unpaired) electrons. The molecule has 1 aliphatic rings. The Morgan fingerprint density at radius 3 is 2.78 bits per heavy atom. The third-order valence-electron chi connectivity index (χ3n) is 3.21. The van der Waals surface area contributed by atoms with E-state index < -0.39 is 6.09 Å². The van der Waals surface area contributed by atoms with Gasteiger partial charge in [-0.3, -0.25) is 4.90 Å². The Balaban J connectivity index is 1.97. The Bertz CT molecular complexity index is 396. The second kappa shape index (κ2) is 5.84. The monoisotopic (exact) mass is 250 g/mol. The maximum atomic E-state index is 10.7. The number of carbonyl (C=O) groups excluding carboxylic acids is 1. The standard InChI is InChI=1S/C13H18N2O3/c14-13(17)18-12-6-11(9-16)15(8-12)7-10-4-2-1-3-5-10/h1-5,11-12,16H,6-9H2,(H2,14,17)/t11-,12-/m0/s1. The van der Waals surface area contributed by atoms with E-state index in [2.05, 4.69) is 4.90 Å². The van der Waals surface area contributed by atoms with Crippen LogP contribution in [0.3, 0.4) is 0 Å². The summed E-state index contributed by atoms with van der Waals surface area (Å²) in [6.07, 6.45) is -0.340. The van der Waals surface area contributed by atoms with Crippen molar-refractivity contribution >= 4 is 6.09 Å². The lowest BCUT2D eigenvalue weighted by Gasteiger charge is -2.22. The Labute approximate surface area is 106 Å². The van der Waals surface area contributed by atoms with Crippen molar-refractivity contribution < 1.29 is 14.6 Å². The van der Waals surface area contributed by atoms with Crippen molar-refractivity contribution in [3.8, 4) is 0 Å². The largest absolute Gasteiger partial charge is 0.445 e. The van der Waals surface area contributed by atoms with Gasteiger partial charge in [0.15, 0.2) is 0 Å². The van der Waals surface area contributed by atoms with Crippen molar-refractivity contribution in [1.29, 1.82) is 0 Å². The average molecular weight is 250 g/mol. The molecule has 1 amide bonds. The highest BCUT2D eigenvalue weighted by Gasteiger charge is 2.33. The van der Waals surface area contributed by atoms with Crippen LogP contribution in [0.25, 0.3) is 0 Å². The summed E-state index contributed by atoms with van der Waals surface area (Å²) < 4.78 is 5.00. The Morgan fingerprint density at radius 1 is 1.44 bits per heavy atom. The van der Waals surface area contributed by atoms with E-state index in [1.807, 2.05) is 30.3 Å². The van der Waals surface area contributed by atoms with Gasteiger partial charge >= 0.3 is 6.09 Å². The molecule has 18 heavy (non-hydrogen) atoms. The highest BCUT2D eigenvalue weighted by Crippen LogP contribution is 2.22. The summed E-state index contributed by atoms with van der Waals surface area (Å²) in [6, 6.07) is 10.0. The molecule has 1 fully saturated rings. The molecule has 5 nitrogen and oxygen atoms in total. The molecule has 3 N–H and O–H groups in total. The van der Waals surface area contributed by atoms with Gasteiger partial charge in [0.2, 0.25) is 0 Å². The molecule has 0 unspecified atom stereocenters. The topological polar surface area (TPSA) is 75.8 Å². The molecular formula is C13H18N2O3. The van der Waals surface area contributed by atoms with Crippen LogP contribution in [0.2, 0.25) is 0 Å². The van der Waals surface area contributed by atoms with Gasteiger partial charge in [0.25, 0.3) is 0 Å². The zero-order chi connectivity index (χ0) is 13.0. The number of benzene rings is 1. The number of amides is 1. The molecular weight excluding hydrogens is 232 g/mol. The summed E-state index contributed by atoms with van der Waals surface area (Å²) in [7, 11) is 0. The van der Waals surface area contributed by atoms with E-state index in [1.54, 1.807) is 0 Å². The Kier molecular flexibility index (Phi) is 4.17. The normalized spacial score (nSPS) is 24.1. The molecule has 1 aromatic carbocycles. The van der Waals surface area contributed by atoms with Crippen molar-refractivity contribution in [2.75, 3.05) is 13.2 Å². The van der Waals surface area contributed by atoms with Gasteiger partial charge < -0.3 is 15.6 Å². The molecule has 0 spiro atoms. The molecule has 1 aromatic rings. The number of hydrogen-bond acceptors (Lipinski definition) is 4. The Hall–Kier alpha value is -1.59. The highest BCUT2D eigenvalue weighted by atomic mass is 16.6. The summed E-state index contributed by atoms with van der Waals surface area (Å²) in [5, 5.41) is 9.35. The fraction of sp³-hybridized carbons (Fsp3) is 0.462. The quantitative estimate of drug-likeness (QED) is 0.825. The summed E-state index contributed by atoms with van der Waals surface area (Å²) >= 11 is 0. The first-order valence-electron chi connectivity index (χ1n) is 6.04. The molecule has 0 bridgehead atoms. The fourth-order valence-electron chi connectivity index (χ4n) is 2.39. The van der Waals surface area contributed by atoms with Gasteiger partial charge in [-0.05, 0) is 5.56 Å². The molecule has 1 aliphatic heterocycles. The van der Waals surface area contributed by atoms with Crippen LogP contribution in [0.5, 0.6) is 0 Å². The van der Waals surface area contributed by atoms with Gasteiger partial charge in [-0.2, -0.15) is 0 Å². The van der Waals surface area contributed by atoms with Gasteiger partial charge in [0.05, 0.1) is 6.61 Å². The van der Waals surface area contributed by atoms with Gasteiger partial charge in [-0.25, -0.2) is 4.79 Å². The number of hydrogen-bond donors (Lipinski definition) is 2. The zero-order valence-corrected chi connectivity index (χ0v) is 10.2. The van der Waals surface area contributed by atoms with Gasteiger partial charge in [0.1, 0.15) is 6.10 Å². The summed E-state index contributed by atoms with van der Waals surface area (Å²) in [5.41, 5.74) is 6.19. The van der Waals surface area contributed by atoms with E-state index in [1.165, 1.54) is 5.56 Å². The average Bonchev–Trinajstić information content (AvgIpc) is 2.71. The first kappa shape index (κ1) is 12.9. The van der Waals surface area contributed by atoms with Crippen molar-refractivity contribution in [3.63, 3.8) is 0 Å². The minimum absolute atomic E-state index is 0.0227. The van der Waals surface area contributed by atoms with Gasteiger partial charge in [-0.15, -0.1) is 0 Å². The van der Waals surface area contributed by atoms with E-state index in [4.69, 9.17) is 10.5 Å². The van der Waals surface area contributed by atoms with E-state index in [0.717, 1.165) is 6.54 Å². The molecule has 0 aromatic heterocycles. The van der Waals surface area contributed by atoms with Crippen molar-refractivity contribution in [2.45, 2.75) is 25.1 Å². The SMILES string of the molecule is NC(=O)O[C@H]1C[C@@H](CO)N(Cc2ccccc2)C1. The third-order valence-corrected chi connectivity index (χ3v) is 3.21. The predicted octanol–water partition coefficient (Wildman–Crippen LogP) is 0.717. The minimum Gasteiger partial charge on any atom is -0.445 e. The zero-order valence-electron chi connectivity index (χ0n) is 10.2. The first-order valence-corrected chi connectivity index (χ1v) is 6.04. The Morgan fingerprint density at radius 2 is 2.17 bits per heavy atom. The van der Waals surface area contributed by atoms with Gasteiger partial charge in [0, 0.05) is 25.6 Å². The molecule has 2 atom stereocenters. The van der Waals surface area contributed by atoms with E-state index in [-0.39, 0.29) is 18.8 Å². The van der Waals surface area contributed by atoms with E-state index in [0.29, 0.717) is 13.0 Å². The first-order chi connectivity index (χ1) is 8.69. The number of primary amides is 1. The molecule has 5 heteroatoms. The summed E-state index contributed by atoms with van der Waals surface area (Å²) in [5.74, 6) is 0. The van der Waals surface area contributed by atoms with Crippen LogP contribution in [0.15, 0.2) is 30.3 Å². The van der Waals surface area contributed by atoms with Crippen LogP contribution in [-0.4, -0.2) is 41.4 Å². The number of nitrogens with zero attached hydrogens (tertiary/aromatic N) is 1. The third kappa shape index (κ3) is 3.21. The van der Waals surface area contributed by atoms with E-state index >= 15 is 0 Å². The second-order valence-electron chi connectivity index (χ2n) is 4.55. The van der Waals surface area contributed by atoms with Crippen LogP contribution in [-0.2, 0) is 11.3 Å². The van der Waals surface area contributed by atoms with Crippen LogP contribution in [0.4, 0.5) is 4.79 Å². The summed E-state index contributed by atoms with van der Waals surface area (Å²) in [4.78, 5) is 12.8. The lowest BCUT2D eigenvalue weighted by molar-refractivity contribution is 0.109. The van der Waals surface area contributed by atoms with Gasteiger partial charge in [-0.1, -0.05) is 30.3 Å². The molecule has 1 heterocycles. The van der Waals surface area contributed by atoms with Crippen molar-refractivity contribution in [1.82, 2.24) is 4.90 Å². The highest BCUT2D eigenvalue weighted by molar-refractivity contribution is 5.64. The van der Waals surface area contributed by atoms with Crippen LogP contribution in [0.1, 0.15) is 12.0 Å². The lowest BCUT2D eigenvalue weighted by atomic mass is 10.2. The maximum absolute atomic E-state index is 10.7. The number of carbonyl (C=O) groups is 1. The molecule has 98 valence electrons. The second-order valence-corrected chi connectivity index (χ2v) is 4.55. The van der Waals surface area contributed by atoms with E-state index in [9.17, 15) is 9.90 Å². The minimum atomic E-state index is -0.752. The van der Waals surface area contributed by atoms with Crippen molar-refractivity contribution in [2.24, 2.45) is 5.73 Å². The smallest absolute Gasteiger partial charge is 0.404 e. The number of likely N-dealkylation sites (tertiary alicyclic amines) is 1. The maximum Gasteiger partial charge on any atom is 0.404 e. The number of ether oxygens (including phenoxy) is 1. The number of aliphatic hydroxyl groups is 1. The van der Waals surface area contributed by atoms with Crippen molar-refractivity contribution in [3.05, 3.63) is 35.9 Å². The molecule has 0 saturated carbocycles. The number of rotatable bonds is 4. The fourth-order valence-corrected chi connectivity index (χ4v) is 2.39. The number of aliphatic hydroxyl groups excluding tert-OH is 1. The summed E-state index contributed by atoms with van der Waals surface area (Å²) in [6.45, 7) is 1.42. The predicted molar refractivity (Wildman–Crippen MR) is 66.8 cm³/mol. The molecule has 1 saturated heterocycles. The van der Waals surface area contributed by atoms with Crippen LogP contribution >= 0.6 is 0 Å². The van der Waals surface area contributed by atoms with Crippen LogP contribution < -0.4 is 5.73 Å². The molecule has 0 aliphatic carbocycles.